The van der Waals surface area contributed by atoms with Crippen LogP contribution in [-0.4, -0.2) is 51.0 Å². The summed E-state index contributed by atoms with van der Waals surface area (Å²) in [5.74, 6) is 2.74. The summed E-state index contributed by atoms with van der Waals surface area (Å²) in [4.78, 5) is 2.40. The van der Waals surface area contributed by atoms with Crippen molar-refractivity contribution in [2.75, 3.05) is 26.2 Å². The highest BCUT2D eigenvalue weighted by Gasteiger charge is 2.34. The van der Waals surface area contributed by atoms with E-state index in [1.165, 1.54) is 0 Å². The molecule has 30 heavy (non-hydrogen) atoms. The van der Waals surface area contributed by atoms with E-state index in [1.54, 1.807) is 0 Å². The van der Waals surface area contributed by atoms with Gasteiger partial charge in [0.05, 0.1) is 17.7 Å². The van der Waals surface area contributed by atoms with Gasteiger partial charge in [0.15, 0.2) is 5.82 Å². The van der Waals surface area contributed by atoms with E-state index in [9.17, 15) is 5.11 Å². The molecule has 0 aliphatic carbocycles. The number of fused-ring (bicyclic) bond motifs is 3. The number of hydrogen-bond acceptors (Lipinski definition) is 5. The van der Waals surface area contributed by atoms with E-state index in [0.29, 0.717) is 24.5 Å². The Kier molecular flexibility index (Phi) is 5.23. The molecular formula is C23H25ClN4O2. The molecule has 3 heterocycles. The van der Waals surface area contributed by atoms with Crippen molar-refractivity contribution in [1.29, 1.82) is 0 Å². The standard InChI is InChI=1S/C23H25ClN4O2/c24-18-7-5-17(6-8-18)23(29)10-13-27(14-11-23)12-9-21-25-26-22-19-3-1-2-4-20(19)30-16-15-28(21)22/h1-8,29H,9-16H2. The summed E-state index contributed by atoms with van der Waals surface area (Å²) < 4.78 is 8.06. The fraction of sp³-hybridized carbons (Fsp3) is 0.391. The van der Waals surface area contributed by atoms with Gasteiger partial charge >= 0.3 is 0 Å². The van der Waals surface area contributed by atoms with E-state index in [-0.39, 0.29) is 0 Å². The second-order valence-corrected chi connectivity index (χ2v) is 8.50. The number of halogens is 1. The highest BCUT2D eigenvalue weighted by Crippen LogP contribution is 2.34. The second kappa shape index (κ2) is 8.02. The number of ether oxygens (including phenoxy) is 1. The van der Waals surface area contributed by atoms with E-state index < -0.39 is 5.60 Å². The van der Waals surface area contributed by atoms with Gasteiger partial charge in [-0.15, -0.1) is 10.2 Å². The van der Waals surface area contributed by atoms with Gasteiger partial charge in [0.2, 0.25) is 0 Å². The molecule has 2 aliphatic rings. The lowest BCUT2D eigenvalue weighted by Gasteiger charge is -2.38. The molecule has 1 fully saturated rings. The topological polar surface area (TPSA) is 63.4 Å². The Morgan fingerprint density at radius 1 is 1.00 bits per heavy atom. The van der Waals surface area contributed by atoms with Crippen molar-refractivity contribution in [2.24, 2.45) is 0 Å². The lowest BCUT2D eigenvalue weighted by Crippen LogP contribution is -2.43. The van der Waals surface area contributed by atoms with E-state index in [4.69, 9.17) is 16.3 Å². The quantitative estimate of drug-likeness (QED) is 0.694. The monoisotopic (exact) mass is 424 g/mol. The van der Waals surface area contributed by atoms with Gasteiger partial charge in [-0.1, -0.05) is 35.9 Å². The van der Waals surface area contributed by atoms with Gasteiger partial charge in [-0.05, 0) is 42.7 Å². The Hall–Kier alpha value is -2.41. The summed E-state index contributed by atoms with van der Waals surface area (Å²) in [5, 5.41) is 20.7. The summed E-state index contributed by atoms with van der Waals surface area (Å²) in [6.07, 6.45) is 2.26. The molecule has 0 amide bonds. The molecule has 6 nitrogen and oxygen atoms in total. The van der Waals surface area contributed by atoms with Crippen LogP contribution in [0, 0.1) is 0 Å². The minimum absolute atomic E-state index is 0.618. The Balaban J connectivity index is 1.24. The van der Waals surface area contributed by atoms with Crippen molar-refractivity contribution < 1.29 is 9.84 Å². The first-order valence-electron chi connectivity index (χ1n) is 10.5. The first-order chi connectivity index (χ1) is 14.6. The van der Waals surface area contributed by atoms with Crippen LogP contribution in [0.4, 0.5) is 0 Å². The molecule has 0 bridgehead atoms. The number of nitrogens with zero attached hydrogens (tertiary/aromatic N) is 4. The van der Waals surface area contributed by atoms with Gasteiger partial charge in [-0.25, -0.2) is 0 Å². The fourth-order valence-corrected chi connectivity index (χ4v) is 4.56. The third kappa shape index (κ3) is 3.71. The Labute approximate surface area is 181 Å². The summed E-state index contributed by atoms with van der Waals surface area (Å²) in [6, 6.07) is 15.6. The number of piperidine rings is 1. The van der Waals surface area contributed by atoms with Crippen LogP contribution >= 0.6 is 11.6 Å². The predicted octanol–water partition coefficient (Wildman–Crippen LogP) is 3.52. The van der Waals surface area contributed by atoms with E-state index in [0.717, 1.165) is 61.1 Å². The molecule has 0 radical (unpaired) electrons. The molecule has 1 N–H and O–H groups in total. The van der Waals surface area contributed by atoms with Gasteiger partial charge in [0.1, 0.15) is 18.2 Å². The van der Waals surface area contributed by atoms with Gasteiger partial charge in [-0.3, -0.25) is 0 Å². The zero-order chi connectivity index (χ0) is 20.6. The predicted molar refractivity (Wildman–Crippen MR) is 116 cm³/mol. The van der Waals surface area contributed by atoms with Crippen molar-refractivity contribution in [3.8, 4) is 17.1 Å². The lowest BCUT2D eigenvalue weighted by molar-refractivity contribution is -0.0256. The molecule has 0 atom stereocenters. The molecule has 7 heteroatoms. The van der Waals surface area contributed by atoms with Crippen molar-refractivity contribution in [1.82, 2.24) is 19.7 Å². The maximum atomic E-state index is 11.1. The number of aliphatic hydroxyl groups is 1. The fourth-order valence-electron chi connectivity index (χ4n) is 4.43. The summed E-state index contributed by atoms with van der Waals surface area (Å²) in [6.45, 7) is 3.98. The maximum absolute atomic E-state index is 11.1. The molecular weight excluding hydrogens is 400 g/mol. The van der Waals surface area contributed by atoms with Crippen LogP contribution in [0.15, 0.2) is 48.5 Å². The molecule has 0 spiro atoms. The van der Waals surface area contributed by atoms with Crippen LogP contribution in [0.1, 0.15) is 24.2 Å². The lowest BCUT2D eigenvalue weighted by atomic mass is 9.84. The number of rotatable bonds is 4. The zero-order valence-corrected chi connectivity index (χ0v) is 17.6. The molecule has 3 aromatic rings. The molecule has 5 rings (SSSR count). The molecule has 0 saturated carbocycles. The van der Waals surface area contributed by atoms with Crippen LogP contribution in [-0.2, 0) is 18.6 Å². The van der Waals surface area contributed by atoms with Crippen molar-refractivity contribution >= 4 is 11.6 Å². The molecule has 1 aromatic heterocycles. The minimum Gasteiger partial charge on any atom is -0.491 e. The van der Waals surface area contributed by atoms with Crippen molar-refractivity contribution in [3.63, 3.8) is 0 Å². The maximum Gasteiger partial charge on any atom is 0.167 e. The van der Waals surface area contributed by atoms with Crippen LogP contribution in [0.5, 0.6) is 5.75 Å². The number of benzene rings is 2. The largest absolute Gasteiger partial charge is 0.491 e. The Morgan fingerprint density at radius 3 is 2.57 bits per heavy atom. The number of para-hydroxylation sites is 1. The zero-order valence-electron chi connectivity index (χ0n) is 16.8. The number of likely N-dealkylation sites (tertiary alicyclic amines) is 1. The van der Waals surface area contributed by atoms with Gasteiger partial charge < -0.3 is 19.3 Å². The Morgan fingerprint density at radius 2 is 1.77 bits per heavy atom. The third-order valence-electron chi connectivity index (χ3n) is 6.24. The molecule has 156 valence electrons. The van der Waals surface area contributed by atoms with E-state index in [1.807, 2.05) is 48.5 Å². The average Bonchev–Trinajstić information content (AvgIpc) is 3.07. The molecule has 1 saturated heterocycles. The molecule has 0 unspecified atom stereocenters. The SMILES string of the molecule is OC1(c2ccc(Cl)cc2)CCN(CCc2nnc3n2CCOc2ccccc2-3)CC1. The first kappa shape index (κ1) is 19.5. The molecule has 2 aromatic carbocycles. The third-order valence-corrected chi connectivity index (χ3v) is 6.50. The van der Waals surface area contributed by atoms with Gasteiger partial charge in [0.25, 0.3) is 0 Å². The average molecular weight is 425 g/mol. The smallest absolute Gasteiger partial charge is 0.167 e. The van der Waals surface area contributed by atoms with Crippen LogP contribution < -0.4 is 4.74 Å². The van der Waals surface area contributed by atoms with Gasteiger partial charge in [-0.2, -0.15) is 0 Å². The van der Waals surface area contributed by atoms with E-state index >= 15 is 0 Å². The van der Waals surface area contributed by atoms with Crippen LogP contribution in [0.25, 0.3) is 11.4 Å². The second-order valence-electron chi connectivity index (χ2n) is 8.07. The number of aromatic nitrogens is 3. The Bertz CT molecular complexity index is 1030. The first-order valence-corrected chi connectivity index (χ1v) is 10.9. The van der Waals surface area contributed by atoms with E-state index in [2.05, 4.69) is 19.7 Å². The van der Waals surface area contributed by atoms with Crippen LogP contribution in [0.2, 0.25) is 5.02 Å². The minimum atomic E-state index is -0.770. The van der Waals surface area contributed by atoms with Crippen molar-refractivity contribution in [3.05, 3.63) is 64.9 Å². The normalized spacial score (nSPS) is 18.2. The summed E-state index contributed by atoms with van der Waals surface area (Å²) >= 11 is 5.99. The van der Waals surface area contributed by atoms with Gasteiger partial charge in [0, 0.05) is 31.1 Å². The van der Waals surface area contributed by atoms with Crippen molar-refractivity contribution in [2.45, 2.75) is 31.4 Å². The summed E-state index contributed by atoms with van der Waals surface area (Å²) in [7, 11) is 0. The molecule has 2 aliphatic heterocycles. The summed E-state index contributed by atoms with van der Waals surface area (Å²) in [5.41, 5.74) is 1.18. The van der Waals surface area contributed by atoms with Crippen LogP contribution in [0.3, 0.4) is 0 Å². The highest BCUT2D eigenvalue weighted by molar-refractivity contribution is 6.30. The number of hydrogen-bond donors (Lipinski definition) is 1. The highest BCUT2D eigenvalue weighted by atomic mass is 35.5.